The summed E-state index contributed by atoms with van der Waals surface area (Å²) >= 11 is 0. The largest absolute Gasteiger partial charge is 0.501 e. The lowest BCUT2D eigenvalue weighted by Crippen LogP contribution is -2.41. The first-order chi connectivity index (χ1) is 9.71. The van der Waals surface area contributed by atoms with Gasteiger partial charge in [0, 0.05) is 23.8 Å². The maximum Gasteiger partial charge on any atom is 0.501 e. The number of ether oxygens (including phenoxy) is 1. The van der Waals surface area contributed by atoms with E-state index in [9.17, 15) is 26.7 Å². The second-order valence-electron chi connectivity index (χ2n) is 4.15. The van der Waals surface area contributed by atoms with Gasteiger partial charge in [-0.1, -0.05) is 18.2 Å². The zero-order chi connectivity index (χ0) is 15.7. The number of alkyl halides is 5. The molecule has 112 valence electrons. The van der Waals surface area contributed by atoms with Crippen LogP contribution in [0.1, 0.15) is 12.0 Å². The molecule has 0 N–H and O–H groups in total. The number of para-hydroxylation sites is 1. The monoisotopic (exact) mass is 305 g/mol. The summed E-state index contributed by atoms with van der Waals surface area (Å²) in [6.45, 7) is 0. The predicted molar refractivity (Wildman–Crippen MR) is 64.3 cm³/mol. The van der Waals surface area contributed by atoms with Crippen molar-refractivity contribution in [2.75, 3.05) is 0 Å². The summed E-state index contributed by atoms with van der Waals surface area (Å²) < 4.78 is 64.7. The Balaban J connectivity index is 2.25. The number of carbonyl (C=O) groups excluding carboxylic acids is 1. The molecule has 0 atom stereocenters. The molecular weight excluding hydrogens is 297 g/mol. The summed E-state index contributed by atoms with van der Waals surface area (Å²) in [6.07, 6.45) is -9.28. The van der Waals surface area contributed by atoms with Gasteiger partial charge in [-0.3, -0.25) is 4.99 Å². The molecular formula is C13H8F5NO2. The van der Waals surface area contributed by atoms with Gasteiger partial charge in [0.15, 0.2) is 0 Å². The van der Waals surface area contributed by atoms with E-state index in [1.54, 1.807) is 24.3 Å². The van der Waals surface area contributed by atoms with Crippen molar-refractivity contribution in [3.8, 4) is 0 Å². The van der Waals surface area contributed by atoms with Crippen LogP contribution in [0, 0.1) is 0 Å². The van der Waals surface area contributed by atoms with Crippen molar-refractivity contribution in [3.05, 3.63) is 35.4 Å². The van der Waals surface area contributed by atoms with E-state index in [-0.39, 0.29) is 12.0 Å². The molecule has 3 nitrogen and oxygen atoms in total. The number of fused-ring (bicyclic) bond motifs is 1. The van der Waals surface area contributed by atoms with Crippen molar-refractivity contribution in [2.24, 2.45) is 4.99 Å². The molecule has 0 radical (unpaired) electrons. The summed E-state index contributed by atoms with van der Waals surface area (Å²) in [5, 5.41) is 0. The molecule has 0 aliphatic carbocycles. The number of carbonyl (C=O) groups is 1. The fourth-order valence-corrected chi connectivity index (χ4v) is 1.60. The number of esters is 1. The zero-order valence-electron chi connectivity index (χ0n) is 10.3. The van der Waals surface area contributed by atoms with Crippen LogP contribution in [0.15, 0.2) is 34.8 Å². The molecule has 0 fully saturated rings. The molecule has 21 heavy (non-hydrogen) atoms. The third kappa shape index (κ3) is 3.26. The first-order valence-electron chi connectivity index (χ1n) is 5.71. The third-order valence-corrected chi connectivity index (χ3v) is 2.62. The van der Waals surface area contributed by atoms with Crippen LogP contribution in [0.25, 0.3) is 6.08 Å². The highest BCUT2D eigenvalue weighted by Gasteiger charge is 2.62. The Hall–Kier alpha value is -2.25. The van der Waals surface area contributed by atoms with Gasteiger partial charge in [0.1, 0.15) is 0 Å². The Morgan fingerprint density at radius 1 is 1.14 bits per heavy atom. The van der Waals surface area contributed by atoms with E-state index >= 15 is 0 Å². The van der Waals surface area contributed by atoms with E-state index in [0.717, 1.165) is 0 Å². The molecule has 1 aliphatic rings. The fourth-order valence-electron chi connectivity index (χ4n) is 1.60. The molecule has 0 spiro atoms. The summed E-state index contributed by atoms with van der Waals surface area (Å²) in [5.74, 6) is -1.74. The van der Waals surface area contributed by atoms with Crippen LogP contribution in [0.2, 0.25) is 0 Å². The Morgan fingerprint density at radius 2 is 1.81 bits per heavy atom. The van der Waals surface area contributed by atoms with E-state index in [1.165, 1.54) is 12.3 Å². The Kier molecular flexibility index (Phi) is 3.80. The lowest BCUT2D eigenvalue weighted by atomic mass is 10.1. The summed E-state index contributed by atoms with van der Waals surface area (Å²) in [6, 6.07) is 6.45. The Labute approximate surface area is 115 Å². The van der Waals surface area contributed by atoms with Crippen LogP contribution in [-0.4, -0.2) is 24.5 Å². The second-order valence-corrected chi connectivity index (χ2v) is 4.15. The Bertz CT molecular complexity index is 619. The number of nitrogens with zero attached hydrogens (tertiary/aromatic N) is 1. The van der Waals surface area contributed by atoms with E-state index < -0.39 is 18.3 Å². The zero-order valence-corrected chi connectivity index (χ0v) is 10.3. The molecule has 1 aliphatic heterocycles. The third-order valence-electron chi connectivity index (χ3n) is 2.62. The van der Waals surface area contributed by atoms with Gasteiger partial charge in [-0.2, -0.15) is 22.0 Å². The lowest BCUT2D eigenvalue weighted by Gasteiger charge is -2.19. The van der Waals surface area contributed by atoms with Gasteiger partial charge in [0.05, 0.1) is 5.69 Å². The standard InChI is InChI=1S/C13H8F5NO2/c14-12(15,16)13(17,18)21-11(20)9-5-6-19-10-4-2-1-3-8(10)7-9/h1-4,6-7H,5H2. The average Bonchev–Trinajstić information content (AvgIpc) is 2.58. The van der Waals surface area contributed by atoms with Gasteiger partial charge in [-0.25, -0.2) is 4.79 Å². The number of benzene rings is 1. The minimum absolute atomic E-state index is 0.207. The summed E-state index contributed by atoms with van der Waals surface area (Å²) in [7, 11) is 0. The van der Waals surface area contributed by atoms with Crippen molar-refractivity contribution in [1.82, 2.24) is 0 Å². The second kappa shape index (κ2) is 5.27. The molecule has 0 aromatic heterocycles. The highest BCUT2D eigenvalue weighted by atomic mass is 19.4. The maximum atomic E-state index is 12.7. The molecule has 0 saturated carbocycles. The lowest BCUT2D eigenvalue weighted by molar-refractivity contribution is -0.375. The number of hydrogen-bond donors (Lipinski definition) is 0. The number of halogens is 5. The molecule has 1 aromatic carbocycles. The average molecular weight is 305 g/mol. The molecule has 0 bridgehead atoms. The number of hydrogen-bond acceptors (Lipinski definition) is 3. The van der Waals surface area contributed by atoms with Crippen LogP contribution in [-0.2, 0) is 9.53 Å². The van der Waals surface area contributed by atoms with Crippen molar-refractivity contribution >= 4 is 23.9 Å². The molecule has 8 heteroatoms. The van der Waals surface area contributed by atoms with Crippen molar-refractivity contribution in [3.63, 3.8) is 0 Å². The van der Waals surface area contributed by atoms with E-state index in [2.05, 4.69) is 9.73 Å². The van der Waals surface area contributed by atoms with Gasteiger partial charge in [0.25, 0.3) is 0 Å². The van der Waals surface area contributed by atoms with Crippen molar-refractivity contribution in [2.45, 2.75) is 18.7 Å². The van der Waals surface area contributed by atoms with Gasteiger partial charge in [0.2, 0.25) is 0 Å². The van der Waals surface area contributed by atoms with Gasteiger partial charge in [-0.15, -0.1) is 0 Å². The van der Waals surface area contributed by atoms with Crippen molar-refractivity contribution in [1.29, 1.82) is 0 Å². The molecule has 1 heterocycles. The van der Waals surface area contributed by atoms with E-state index in [1.807, 2.05) is 0 Å². The van der Waals surface area contributed by atoms with Crippen LogP contribution < -0.4 is 0 Å². The highest BCUT2D eigenvalue weighted by molar-refractivity contribution is 5.99. The highest BCUT2D eigenvalue weighted by Crippen LogP contribution is 2.37. The maximum absolute atomic E-state index is 12.7. The molecule has 1 aromatic rings. The van der Waals surface area contributed by atoms with Crippen LogP contribution in [0.4, 0.5) is 27.6 Å². The van der Waals surface area contributed by atoms with Gasteiger partial charge < -0.3 is 4.74 Å². The molecule has 0 unspecified atom stereocenters. The topological polar surface area (TPSA) is 38.7 Å². The van der Waals surface area contributed by atoms with Crippen LogP contribution in [0.5, 0.6) is 0 Å². The van der Waals surface area contributed by atoms with Gasteiger partial charge >= 0.3 is 18.3 Å². The SMILES string of the molecule is O=C(OC(F)(F)C(F)(F)F)C1=Cc2ccccc2N=CC1. The number of aliphatic imine (C=N–C) groups is 1. The minimum Gasteiger partial charge on any atom is -0.390 e. The first kappa shape index (κ1) is 15.1. The minimum atomic E-state index is -5.96. The summed E-state index contributed by atoms with van der Waals surface area (Å²) in [5.41, 5.74) is 0.559. The van der Waals surface area contributed by atoms with Crippen LogP contribution in [0.3, 0.4) is 0 Å². The van der Waals surface area contributed by atoms with Crippen molar-refractivity contribution < 1.29 is 31.5 Å². The smallest absolute Gasteiger partial charge is 0.390 e. The fraction of sp³-hybridized carbons (Fsp3) is 0.231. The van der Waals surface area contributed by atoms with E-state index in [0.29, 0.717) is 11.3 Å². The number of rotatable bonds is 2. The predicted octanol–water partition coefficient (Wildman–Crippen LogP) is 3.87. The quantitative estimate of drug-likeness (QED) is 0.614. The first-order valence-corrected chi connectivity index (χ1v) is 5.71. The van der Waals surface area contributed by atoms with E-state index in [4.69, 9.17) is 0 Å². The molecule has 2 rings (SSSR count). The summed E-state index contributed by atoms with van der Waals surface area (Å²) in [4.78, 5) is 15.5. The Morgan fingerprint density at radius 3 is 2.48 bits per heavy atom. The normalized spacial score (nSPS) is 15.0. The molecule has 0 amide bonds. The van der Waals surface area contributed by atoms with Gasteiger partial charge in [-0.05, 0) is 12.1 Å². The molecule has 0 saturated heterocycles. The van der Waals surface area contributed by atoms with Crippen LogP contribution >= 0.6 is 0 Å².